The maximum Gasteiger partial charge on any atom is 0.274 e. The second-order valence-corrected chi connectivity index (χ2v) is 9.11. The van der Waals surface area contributed by atoms with Gasteiger partial charge < -0.3 is 20.0 Å². The van der Waals surface area contributed by atoms with Crippen molar-refractivity contribution in [1.29, 1.82) is 0 Å². The highest BCUT2D eigenvalue weighted by Gasteiger charge is 2.43. The number of hydrogen-bond donors (Lipinski definition) is 2. The van der Waals surface area contributed by atoms with Gasteiger partial charge in [0.05, 0.1) is 0 Å². The predicted octanol–water partition coefficient (Wildman–Crippen LogP) is 2.73. The van der Waals surface area contributed by atoms with Crippen molar-refractivity contribution in [2.24, 2.45) is 0 Å². The third-order valence-corrected chi connectivity index (χ3v) is 7.00. The number of piperazine rings is 1. The van der Waals surface area contributed by atoms with Crippen LogP contribution >= 0.6 is 11.3 Å². The highest BCUT2D eigenvalue weighted by Crippen LogP contribution is 2.37. The molecule has 1 unspecified atom stereocenters. The summed E-state index contributed by atoms with van der Waals surface area (Å²) in [5, 5.41) is 29.7. The molecule has 0 saturated carbocycles. The molecule has 2 fully saturated rings. The van der Waals surface area contributed by atoms with Gasteiger partial charge in [-0.3, -0.25) is 4.79 Å². The van der Waals surface area contributed by atoms with Crippen LogP contribution in [-0.4, -0.2) is 61.4 Å². The number of nitrogens with zero attached hydrogens (tertiary/aromatic N) is 4. The van der Waals surface area contributed by atoms with Crippen molar-refractivity contribution in [3.8, 4) is 0 Å². The largest absolute Gasteiger partial charge is 0.507 e. The molecule has 1 aromatic heterocycles. The highest BCUT2D eigenvalue weighted by atomic mass is 32.1. The average molecular weight is 464 g/mol. The van der Waals surface area contributed by atoms with E-state index in [1.165, 1.54) is 0 Å². The molecule has 2 aromatic rings. The Balaban J connectivity index is 1.43. The van der Waals surface area contributed by atoms with Crippen molar-refractivity contribution in [3.63, 3.8) is 0 Å². The normalized spacial score (nSPS) is 23.2. The van der Waals surface area contributed by atoms with E-state index in [0.29, 0.717) is 25.2 Å². The minimum Gasteiger partial charge on any atom is -0.507 e. The number of fused-ring (bicyclic) bond motifs is 2. The maximum atomic E-state index is 14.0. The summed E-state index contributed by atoms with van der Waals surface area (Å²) in [4.78, 5) is 16.3. The minimum atomic E-state index is -1.48. The number of hydrogen-bond acceptors (Lipinski definition) is 7. The minimum absolute atomic E-state index is 0.0231. The van der Waals surface area contributed by atoms with Gasteiger partial charge in [0, 0.05) is 55.0 Å². The van der Waals surface area contributed by atoms with Crippen LogP contribution in [0.5, 0.6) is 0 Å². The lowest BCUT2D eigenvalue weighted by molar-refractivity contribution is -0.136. The molecule has 168 valence electrons. The number of halogens is 3. The van der Waals surface area contributed by atoms with E-state index in [-0.39, 0.29) is 45.2 Å². The second-order valence-electron chi connectivity index (χ2n) is 8.05. The molecule has 0 radical (unpaired) electrons. The molecule has 0 bridgehead atoms. The van der Waals surface area contributed by atoms with Gasteiger partial charge in [0.1, 0.15) is 39.3 Å². The van der Waals surface area contributed by atoms with Crippen LogP contribution < -0.4 is 0 Å². The molecule has 0 spiro atoms. The Morgan fingerprint density at radius 2 is 1.91 bits per heavy atom. The van der Waals surface area contributed by atoms with E-state index in [4.69, 9.17) is 0 Å². The summed E-state index contributed by atoms with van der Waals surface area (Å²) >= 11 is 0.991. The smallest absolute Gasteiger partial charge is 0.274 e. The number of aliphatic hydroxyl groups is 2. The van der Waals surface area contributed by atoms with Gasteiger partial charge in [-0.05, 0) is 19.3 Å². The Labute approximate surface area is 185 Å². The van der Waals surface area contributed by atoms with Gasteiger partial charge in [-0.1, -0.05) is 11.3 Å². The summed E-state index contributed by atoms with van der Waals surface area (Å²) in [5.41, 5.74) is -0.0389. The van der Waals surface area contributed by atoms with E-state index in [0.717, 1.165) is 30.6 Å². The number of aromatic nitrogens is 2. The van der Waals surface area contributed by atoms with Gasteiger partial charge >= 0.3 is 0 Å². The molecule has 3 aliphatic heterocycles. The lowest BCUT2D eigenvalue weighted by atomic mass is 9.94. The number of rotatable bonds is 3. The van der Waals surface area contributed by atoms with Crippen LogP contribution in [0.15, 0.2) is 29.8 Å². The maximum absolute atomic E-state index is 14.0. The van der Waals surface area contributed by atoms with Crippen LogP contribution in [-0.2, 0) is 11.2 Å². The molecule has 5 rings (SSSR count). The third kappa shape index (κ3) is 3.45. The molecule has 7 nitrogen and oxygen atoms in total. The van der Waals surface area contributed by atoms with E-state index in [1.54, 1.807) is 16.0 Å². The van der Waals surface area contributed by atoms with Gasteiger partial charge in [-0.25, -0.2) is 13.2 Å². The Morgan fingerprint density at radius 3 is 2.66 bits per heavy atom. The summed E-state index contributed by atoms with van der Waals surface area (Å²) in [5.74, 6) is -3.82. The van der Waals surface area contributed by atoms with Crippen molar-refractivity contribution in [2.45, 2.75) is 37.8 Å². The summed E-state index contributed by atoms with van der Waals surface area (Å²) in [6.45, 7) is 1.11. The summed E-state index contributed by atoms with van der Waals surface area (Å²) in [6, 6.07) is 1.22. The first-order valence-electron chi connectivity index (χ1n) is 10.2. The Bertz CT molecular complexity index is 1140. The molecular formula is C21H19F3N4O3S. The van der Waals surface area contributed by atoms with Crippen LogP contribution in [0.1, 0.15) is 34.8 Å². The predicted molar refractivity (Wildman–Crippen MR) is 109 cm³/mol. The Morgan fingerprint density at radius 1 is 1.16 bits per heavy atom. The quantitative estimate of drug-likeness (QED) is 0.726. The lowest BCUT2D eigenvalue weighted by Gasteiger charge is -2.46. The molecule has 2 saturated heterocycles. The van der Waals surface area contributed by atoms with Crippen molar-refractivity contribution >= 4 is 22.8 Å². The summed E-state index contributed by atoms with van der Waals surface area (Å²) < 4.78 is 41.1. The Kier molecular flexibility index (Phi) is 5.17. The molecule has 1 aromatic carbocycles. The standard InChI is InChI=1S/C21H19F3N4O3S/c22-10-5-14(23)12(15(24)6-10)7-16-25-26-20(32-16)13-9-27-8-11-3-1-2-4-28(11)21(31)17(27)19(30)18(13)29/h5-6,9,11,18,29-30H,1-4,7-8H2/t11-,18?/m0/s1. The molecule has 1 amide bonds. The zero-order valence-corrected chi connectivity index (χ0v) is 17.6. The molecular weight excluding hydrogens is 445 g/mol. The molecule has 3 aliphatic rings. The van der Waals surface area contributed by atoms with Crippen LogP contribution in [0.4, 0.5) is 13.2 Å². The van der Waals surface area contributed by atoms with E-state index in [9.17, 15) is 28.2 Å². The van der Waals surface area contributed by atoms with Gasteiger partial charge in [-0.2, -0.15) is 0 Å². The van der Waals surface area contributed by atoms with Gasteiger partial charge in [0.2, 0.25) is 0 Å². The summed E-state index contributed by atoms with van der Waals surface area (Å²) in [7, 11) is 0. The van der Waals surface area contributed by atoms with Crippen LogP contribution in [0.2, 0.25) is 0 Å². The topological polar surface area (TPSA) is 89.8 Å². The van der Waals surface area contributed by atoms with E-state index < -0.39 is 29.3 Å². The fourth-order valence-corrected chi connectivity index (χ4v) is 5.32. The first kappa shape index (κ1) is 21.0. The van der Waals surface area contributed by atoms with E-state index >= 15 is 0 Å². The number of piperidine rings is 1. The number of benzene rings is 1. The Hall–Kier alpha value is -2.92. The zero-order valence-electron chi connectivity index (χ0n) is 16.8. The molecule has 2 N–H and O–H groups in total. The molecule has 11 heteroatoms. The highest BCUT2D eigenvalue weighted by molar-refractivity contribution is 7.12. The lowest BCUT2D eigenvalue weighted by Crippen LogP contribution is -2.57. The average Bonchev–Trinajstić information content (AvgIpc) is 3.21. The van der Waals surface area contributed by atoms with Crippen molar-refractivity contribution in [1.82, 2.24) is 20.0 Å². The SMILES string of the molecule is O=C1C2=C(O)C(O)C(c3nnc(Cc4c(F)cc(F)cc4F)s3)=CN2C[C@@H]2CCCCN12. The van der Waals surface area contributed by atoms with Crippen molar-refractivity contribution in [2.75, 3.05) is 13.1 Å². The molecule has 32 heavy (non-hydrogen) atoms. The van der Waals surface area contributed by atoms with Crippen LogP contribution in [0.3, 0.4) is 0 Å². The fourth-order valence-electron chi connectivity index (χ4n) is 4.43. The first-order chi connectivity index (χ1) is 15.3. The zero-order chi connectivity index (χ0) is 22.6. The fraction of sp³-hybridized carbons (Fsp3) is 0.381. The van der Waals surface area contributed by atoms with Gasteiger partial charge in [0.25, 0.3) is 5.91 Å². The van der Waals surface area contributed by atoms with Crippen molar-refractivity contribution < 1.29 is 28.2 Å². The summed E-state index contributed by atoms with van der Waals surface area (Å²) in [6.07, 6.45) is 2.63. The molecule has 2 atom stereocenters. The number of carbonyl (C=O) groups is 1. The number of aliphatic hydroxyl groups excluding tert-OH is 2. The number of carbonyl (C=O) groups excluding carboxylic acids is 1. The van der Waals surface area contributed by atoms with Gasteiger partial charge in [-0.15, -0.1) is 10.2 Å². The van der Waals surface area contributed by atoms with Crippen LogP contribution in [0, 0.1) is 17.5 Å². The molecule has 0 aliphatic carbocycles. The van der Waals surface area contributed by atoms with Gasteiger partial charge in [0.15, 0.2) is 5.76 Å². The van der Waals surface area contributed by atoms with E-state index in [1.807, 2.05) is 0 Å². The van der Waals surface area contributed by atoms with Crippen LogP contribution in [0.25, 0.3) is 5.57 Å². The van der Waals surface area contributed by atoms with Crippen molar-refractivity contribution in [3.05, 3.63) is 62.8 Å². The van der Waals surface area contributed by atoms with E-state index in [2.05, 4.69) is 10.2 Å². The monoisotopic (exact) mass is 464 g/mol. The molecule has 4 heterocycles. The number of amides is 1. The first-order valence-corrected chi connectivity index (χ1v) is 11.0. The third-order valence-electron chi connectivity index (χ3n) is 6.02. The second kappa shape index (κ2) is 7.89.